The van der Waals surface area contributed by atoms with Gasteiger partial charge in [-0.05, 0) is 28.5 Å². The minimum atomic E-state index is 0.577. The van der Waals surface area contributed by atoms with E-state index in [1.807, 2.05) is 60.7 Å². The lowest BCUT2D eigenvalue weighted by molar-refractivity contribution is 0.698. The molecule has 0 fully saturated rings. The number of rotatable bonds is 2. The Labute approximate surface area is 121 Å². The lowest BCUT2D eigenvalue weighted by Gasteiger charge is -1.96. The van der Waals surface area contributed by atoms with E-state index in [9.17, 15) is 0 Å². The Kier molecular flexibility index (Phi) is 3.80. The molecule has 1 heterocycles. The van der Waals surface area contributed by atoms with Gasteiger partial charge >= 0.3 is 0 Å². The molecule has 3 rings (SSSR count). The van der Waals surface area contributed by atoms with E-state index in [-0.39, 0.29) is 0 Å². The zero-order valence-electron chi connectivity index (χ0n) is 11.1. The SMILES string of the molecule is C(#Cc1ccccc1)/C=N/n1nnnc1-c1ccccc1. The third-order valence-corrected chi connectivity index (χ3v) is 2.71. The highest BCUT2D eigenvalue weighted by Gasteiger charge is 2.06. The predicted octanol–water partition coefficient (Wildman–Crippen LogP) is 2.23. The summed E-state index contributed by atoms with van der Waals surface area (Å²) in [5.41, 5.74) is 1.83. The Morgan fingerprint density at radius 1 is 0.952 bits per heavy atom. The van der Waals surface area contributed by atoms with Crippen LogP contribution in [0.15, 0.2) is 65.8 Å². The second-order valence-electron chi connectivity index (χ2n) is 4.14. The summed E-state index contributed by atoms with van der Waals surface area (Å²) in [7, 11) is 0. The van der Waals surface area contributed by atoms with Gasteiger partial charge < -0.3 is 0 Å². The third-order valence-electron chi connectivity index (χ3n) is 2.71. The van der Waals surface area contributed by atoms with Gasteiger partial charge in [0, 0.05) is 11.1 Å². The van der Waals surface area contributed by atoms with Gasteiger partial charge in [0.25, 0.3) is 0 Å². The molecule has 0 saturated carbocycles. The Morgan fingerprint density at radius 2 is 1.67 bits per heavy atom. The molecule has 100 valence electrons. The molecule has 0 spiro atoms. The van der Waals surface area contributed by atoms with E-state index in [1.165, 1.54) is 11.0 Å². The number of benzene rings is 2. The first kappa shape index (κ1) is 12.8. The van der Waals surface area contributed by atoms with Gasteiger partial charge in [-0.2, -0.15) is 0 Å². The number of hydrogen-bond acceptors (Lipinski definition) is 4. The van der Waals surface area contributed by atoms with Crippen LogP contribution in [0.4, 0.5) is 0 Å². The maximum atomic E-state index is 4.14. The first-order chi connectivity index (χ1) is 10.4. The molecular formula is C16H11N5. The average Bonchev–Trinajstić information content (AvgIpc) is 3.02. The molecule has 0 amide bonds. The molecule has 0 N–H and O–H groups in total. The van der Waals surface area contributed by atoms with Crippen molar-refractivity contribution in [3.63, 3.8) is 0 Å². The summed E-state index contributed by atoms with van der Waals surface area (Å²) >= 11 is 0. The molecule has 0 aliphatic carbocycles. The van der Waals surface area contributed by atoms with E-state index in [4.69, 9.17) is 0 Å². The Bertz CT molecular complexity index is 795. The van der Waals surface area contributed by atoms with Crippen LogP contribution < -0.4 is 0 Å². The lowest BCUT2D eigenvalue weighted by Crippen LogP contribution is -1.95. The van der Waals surface area contributed by atoms with Gasteiger partial charge in [0.1, 0.15) is 0 Å². The monoisotopic (exact) mass is 273 g/mol. The van der Waals surface area contributed by atoms with Crippen molar-refractivity contribution in [3.8, 4) is 23.2 Å². The molecule has 0 saturated heterocycles. The molecule has 0 aliphatic rings. The summed E-state index contributed by atoms with van der Waals surface area (Å²) in [6.07, 6.45) is 1.48. The van der Waals surface area contributed by atoms with Crippen LogP contribution in [-0.2, 0) is 0 Å². The molecule has 5 heteroatoms. The topological polar surface area (TPSA) is 56.0 Å². The summed E-state index contributed by atoms with van der Waals surface area (Å²) in [5.74, 6) is 6.42. The zero-order chi connectivity index (χ0) is 14.3. The Morgan fingerprint density at radius 3 is 2.43 bits per heavy atom. The van der Waals surface area contributed by atoms with Crippen LogP contribution in [0.1, 0.15) is 5.56 Å². The lowest BCUT2D eigenvalue weighted by atomic mass is 10.2. The number of hydrogen-bond donors (Lipinski definition) is 0. The van der Waals surface area contributed by atoms with Crippen molar-refractivity contribution in [2.75, 3.05) is 0 Å². The van der Waals surface area contributed by atoms with E-state index < -0.39 is 0 Å². The fraction of sp³-hybridized carbons (Fsp3) is 0. The third kappa shape index (κ3) is 3.19. The van der Waals surface area contributed by atoms with Gasteiger partial charge in [0.15, 0.2) is 0 Å². The second-order valence-corrected chi connectivity index (χ2v) is 4.14. The van der Waals surface area contributed by atoms with E-state index >= 15 is 0 Å². The van der Waals surface area contributed by atoms with E-state index in [0.29, 0.717) is 5.82 Å². The Balaban J connectivity index is 1.79. The van der Waals surface area contributed by atoms with Crippen molar-refractivity contribution in [1.82, 2.24) is 20.3 Å². The van der Waals surface area contributed by atoms with Crippen LogP contribution in [0.3, 0.4) is 0 Å². The van der Waals surface area contributed by atoms with Crippen LogP contribution in [0, 0.1) is 11.8 Å². The van der Waals surface area contributed by atoms with Crippen LogP contribution in [0.5, 0.6) is 0 Å². The molecule has 0 radical (unpaired) electrons. The number of nitrogens with zero attached hydrogens (tertiary/aromatic N) is 5. The molecule has 5 nitrogen and oxygen atoms in total. The summed E-state index contributed by atoms with van der Waals surface area (Å²) in [6.45, 7) is 0. The van der Waals surface area contributed by atoms with Crippen molar-refractivity contribution in [1.29, 1.82) is 0 Å². The molecule has 0 unspecified atom stereocenters. The predicted molar refractivity (Wildman–Crippen MR) is 80.5 cm³/mol. The van der Waals surface area contributed by atoms with Crippen molar-refractivity contribution >= 4 is 6.21 Å². The zero-order valence-corrected chi connectivity index (χ0v) is 11.1. The summed E-state index contributed by atoms with van der Waals surface area (Å²) in [5, 5.41) is 15.6. The van der Waals surface area contributed by atoms with Gasteiger partial charge in [0.05, 0.1) is 6.21 Å². The van der Waals surface area contributed by atoms with Crippen molar-refractivity contribution in [2.45, 2.75) is 0 Å². The maximum absolute atomic E-state index is 4.14. The number of aromatic nitrogens is 4. The van der Waals surface area contributed by atoms with Crippen molar-refractivity contribution < 1.29 is 0 Å². The average molecular weight is 273 g/mol. The normalized spacial score (nSPS) is 10.3. The first-order valence-corrected chi connectivity index (χ1v) is 6.37. The van der Waals surface area contributed by atoms with Gasteiger partial charge in [0.2, 0.25) is 5.82 Å². The minimum Gasteiger partial charge on any atom is -0.146 e. The molecule has 0 atom stereocenters. The minimum absolute atomic E-state index is 0.577. The van der Waals surface area contributed by atoms with Gasteiger partial charge in [-0.25, -0.2) is 0 Å². The van der Waals surface area contributed by atoms with E-state index in [2.05, 4.69) is 32.5 Å². The molecule has 3 aromatic rings. The van der Waals surface area contributed by atoms with Crippen LogP contribution in [-0.4, -0.2) is 26.5 Å². The van der Waals surface area contributed by atoms with Gasteiger partial charge in [-0.15, -0.1) is 15.0 Å². The van der Waals surface area contributed by atoms with Crippen molar-refractivity contribution in [3.05, 3.63) is 66.2 Å². The first-order valence-electron chi connectivity index (χ1n) is 6.37. The van der Waals surface area contributed by atoms with Crippen molar-refractivity contribution in [2.24, 2.45) is 5.10 Å². The molecule has 2 aromatic carbocycles. The number of tetrazole rings is 1. The van der Waals surface area contributed by atoms with Gasteiger partial charge in [-0.3, -0.25) is 0 Å². The maximum Gasteiger partial charge on any atom is 0.207 e. The molecular weight excluding hydrogens is 262 g/mol. The standard InChI is InChI=1S/C16H11N5/c1-3-8-14(9-4-1)10-7-13-17-21-16(18-19-20-21)15-11-5-2-6-12-15/h1-6,8-9,11-13H/b17-13+. The highest BCUT2D eigenvalue weighted by atomic mass is 15.7. The van der Waals surface area contributed by atoms with Crippen LogP contribution >= 0.6 is 0 Å². The molecule has 0 aliphatic heterocycles. The summed E-state index contributed by atoms with van der Waals surface area (Å²) < 4.78 is 0. The second kappa shape index (κ2) is 6.26. The quantitative estimate of drug-likeness (QED) is 0.531. The highest BCUT2D eigenvalue weighted by Crippen LogP contribution is 2.13. The summed E-state index contributed by atoms with van der Waals surface area (Å²) in [4.78, 5) is 1.36. The fourth-order valence-corrected chi connectivity index (χ4v) is 1.74. The molecule has 1 aromatic heterocycles. The largest absolute Gasteiger partial charge is 0.207 e. The van der Waals surface area contributed by atoms with Crippen LogP contribution in [0.25, 0.3) is 11.4 Å². The molecule has 21 heavy (non-hydrogen) atoms. The van der Waals surface area contributed by atoms with Gasteiger partial charge in [-0.1, -0.05) is 54.5 Å². The summed E-state index contributed by atoms with van der Waals surface area (Å²) in [6, 6.07) is 19.3. The van der Waals surface area contributed by atoms with E-state index in [1.54, 1.807) is 0 Å². The Hall–Kier alpha value is -3.26. The van der Waals surface area contributed by atoms with E-state index in [0.717, 1.165) is 11.1 Å². The fourth-order valence-electron chi connectivity index (χ4n) is 1.74. The highest BCUT2D eigenvalue weighted by molar-refractivity contribution is 5.79. The van der Waals surface area contributed by atoms with Crippen LogP contribution in [0.2, 0.25) is 0 Å². The molecule has 0 bridgehead atoms. The smallest absolute Gasteiger partial charge is 0.146 e.